The van der Waals surface area contributed by atoms with E-state index >= 15 is 0 Å². The van der Waals surface area contributed by atoms with E-state index in [2.05, 4.69) is 33.6 Å². The molecule has 204 valence electrons. The van der Waals surface area contributed by atoms with Crippen LogP contribution in [-0.4, -0.2) is 82.3 Å². The van der Waals surface area contributed by atoms with Crippen LogP contribution in [0.3, 0.4) is 0 Å². The third-order valence-corrected chi connectivity index (χ3v) is 5.39. The average Bonchev–Trinajstić information content (AvgIpc) is 2.83. The molecule has 1 rings (SSSR count). The number of guanidine groups is 1. The Bertz CT molecular complexity index is 973. The number of aliphatic imine (C=N–C) groups is 1. The summed E-state index contributed by atoms with van der Waals surface area (Å²) in [5.41, 5.74) is 17.1. The SMILES string of the molecule is NC(N)=NCCCC(N)C(=O)NC(Cc1ccccc1)C(=O)NC(CC(=O)O)C(=O)NC(CS)C(=O)O. The quantitative estimate of drug-likeness (QED) is 0.0464. The fourth-order valence-corrected chi connectivity index (χ4v) is 3.35. The zero-order valence-electron chi connectivity index (χ0n) is 20.0. The van der Waals surface area contributed by atoms with Gasteiger partial charge in [0.15, 0.2) is 5.96 Å². The van der Waals surface area contributed by atoms with E-state index in [9.17, 15) is 29.1 Å². The summed E-state index contributed by atoms with van der Waals surface area (Å²) >= 11 is 3.84. The third-order valence-electron chi connectivity index (χ3n) is 5.03. The van der Waals surface area contributed by atoms with E-state index in [0.717, 1.165) is 0 Å². The molecule has 0 aliphatic heterocycles. The molecule has 0 spiro atoms. The van der Waals surface area contributed by atoms with Crippen molar-refractivity contribution in [1.29, 1.82) is 0 Å². The van der Waals surface area contributed by atoms with Crippen LogP contribution in [0.15, 0.2) is 35.3 Å². The lowest BCUT2D eigenvalue weighted by molar-refractivity contribution is -0.143. The highest BCUT2D eigenvalue weighted by molar-refractivity contribution is 7.80. The molecule has 0 saturated carbocycles. The fourth-order valence-electron chi connectivity index (χ4n) is 3.10. The van der Waals surface area contributed by atoms with Gasteiger partial charge in [0.1, 0.15) is 18.1 Å². The maximum atomic E-state index is 13.1. The molecular weight excluding hydrogens is 506 g/mol. The molecule has 0 fully saturated rings. The van der Waals surface area contributed by atoms with Gasteiger partial charge in [-0.25, -0.2) is 4.79 Å². The average molecular weight is 540 g/mol. The first-order valence-corrected chi connectivity index (χ1v) is 11.9. The highest BCUT2D eigenvalue weighted by Crippen LogP contribution is 2.06. The van der Waals surface area contributed by atoms with Crippen LogP contribution in [0.1, 0.15) is 24.8 Å². The largest absolute Gasteiger partial charge is 0.481 e. The van der Waals surface area contributed by atoms with Crippen LogP contribution < -0.4 is 33.2 Å². The topological polar surface area (TPSA) is 252 Å². The zero-order valence-corrected chi connectivity index (χ0v) is 20.9. The molecule has 1 aromatic carbocycles. The summed E-state index contributed by atoms with van der Waals surface area (Å²) in [7, 11) is 0. The van der Waals surface area contributed by atoms with Gasteiger partial charge in [-0.1, -0.05) is 30.3 Å². The molecule has 0 aromatic heterocycles. The number of hydrogen-bond donors (Lipinski definition) is 9. The smallest absolute Gasteiger partial charge is 0.327 e. The number of carboxylic acids is 2. The third kappa shape index (κ3) is 12.1. The molecule has 0 radical (unpaired) electrons. The maximum Gasteiger partial charge on any atom is 0.327 e. The van der Waals surface area contributed by atoms with E-state index in [1.807, 2.05) is 0 Å². The first kappa shape index (κ1) is 31.2. The molecule has 0 heterocycles. The lowest BCUT2D eigenvalue weighted by Gasteiger charge is -2.24. The summed E-state index contributed by atoms with van der Waals surface area (Å²) in [6.45, 7) is 0.257. The minimum absolute atomic E-state index is 0.00886. The lowest BCUT2D eigenvalue weighted by atomic mass is 10.0. The van der Waals surface area contributed by atoms with Crippen molar-refractivity contribution in [3.05, 3.63) is 35.9 Å². The molecule has 0 aliphatic carbocycles. The molecule has 15 heteroatoms. The van der Waals surface area contributed by atoms with E-state index in [1.54, 1.807) is 30.3 Å². The molecule has 0 saturated heterocycles. The number of carboxylic acid groups (broad SMARTS) is 2. The van der Waals surface area contributed by atoms with Crippen LogP contribution in [0.5, 0.6) is 0 Å². The van der Waals surface area contributed by atoms with Crippen molar-refractivity contribution >= 4 is 48.2 Å². The van der Waals surface area contributed by atoms with Crippen LogP contribution in [0.2, 0.25) is 0 Å². The second kappa shape index (κ2) is 16.0. The van der Waals surface area contributed by atoms with Gasteiger partial charge in [0.2, 0.25) is 17.7 Å². The monoisotopic (exact) mass is 539 g/mol. The Hall–Kier alpha value is -3.85. The second-order valence-corrected chi connectivity index (χ2v) is 8.41. The summed E-state index contributed by atoms with van der Waals surface area (Å²) in [6.07, 6.45) is -0.201. The van der Waals surface area contributed by atoms with Crippen molar-refractivity contribution in [2.45, 2.75) is 49.9 Å². The minimum atomic E-state index is -1.62. The van der Waals surface area contributed by atoms with Crippen molar-refractivity contribution < 1.29 is 34.2 Å². The molecule has 3 amide bonds. The van der Waals surface area contributed by atoms with Gasteiger partial charge in [-0.2, -0.15) is 12.6 Å². The van der Waals surface area contributed by atoms with Crippen LogP contribution in [-0.2, 0) is 30.4 Å². The summed E-state index contributed by atoms with van der Waals surface area (Å²) in [6, 6.07) is 3.42. The molecule has 37 heavy (non-hydrogen) atoms. The Kier molecular flexibility index (Phi) is 13.5. The molecule has 11 N–H and O–H groups in total. The number of rotatable bonds is 16. The van der Waals surface area contributed by atoms with E-state index in [0.29, 0.717) is 12.0 Å². The molecule has 4 unspecified atom stereocenters. The Morgan fingerprint density at radius 1 is 0.892 bits per heavy atom. The molecule has 0 bridgehead atoms. The van der Waals surface area contributed by atoms with Crippen LogP contribution >= 0.6 is 12.6 Å². The number of carbonyl (C=O) groups is 5. The number of nitrogens with zero attached hydrogens (tertiary/aromatic N) is 1. The second-order valence-electron chi connectivity index (χ2n) is 8.05. The van der Waals surface area contributed by atoms with E-state index in [1.165, 1.54) is 0 Å². The number of nitrogens with one attached hydrogen (secondary N) is 3. The van der Waals surface area contributed by atoms with Crippen molar-refractivity contribution in [3.8, 4) is 0 Å². The Morgan fingerprint density at radius 3 is 2.00 bits per heavy atom. The van der Waals surface area contributed by atoms with Gasteiger partial charge in [0.25, 0.3) is 0 Å². The van der Waals surface area contributed by atoms with Crippen molar-refractivity contribution in [2.75, 3.05) is 12.3 Å². The normalized spacial score (nSPS) is 13.8. The summed E-state index contributed by atoms with van der Waals surface area (Å²) in [5.74, 6) is -5.69. The number of amides is 3. The van der Waals surface area contributed by atoms with Gasteiger partial charge < -0.3 is 43.4 Å². The van der Waals surface area contributed by atoms with Gasteiger partial charge >= 0.3 is 11.9 Å². The first-order valence-electron chi connectivity index (χ1n) is 11.3. The molecule has 14 nitrogen and oxygen atoms in total. The van der Waals surface area contributed by atoms with E-state index in [-0.39, 0.29) is 31.1 Å². The van der Waals surface area contributed by atoms with Gasteiger partial charge in [0, 0.05) is 18.7 Å². The van der Waals surface area contributed by atoms with Gasteiger partial charge in [0.05, 0.1) is 12.5 Å². The standard InChI is InChI=1S/C22H33N7O7S/c23-13(7-4-8-26-22(24)25)18(32)27-14(9-12-5-2-1-3-6-12)19(33)28-15(10-17(30)31)20(34)29-16(11-37)21(35)36/h1-3,5-6,13-16,37H,4,7-11,23H2,(H,27,32)(H,28,33)(H,29,34)(H,30,31)(H,35,36)(H4,24,25,26). The molecule has 4 atom stereocenters. The van der Waals surface area contributed by atoms with Crippen molar-refractivity contribution in [1.82, 2.24) is 16.0 Å². The summed E-state index contributed by atoms with van der Waals surface area (Å²) in [4.78, 5) is 64.7. The highest BCUT2D eigenvalue weighted by Gasteiger charge is 2.31. The van der Waals surface area contributed by atoms with Crippen LogP contribution in [0.4, 0.5) is 0 Å². The Balaban J connectivity index is 3.02. The molecular formula is C22H33N7O7S. The van der Waals surface area contributed by atoms with Crippen LogP contribution in [0.25, 0.3) is 0 Å². The fraction of sp³-hybridized carbons (Fsp3) is 0.455. The van der Waals surface area contributed by atoms with E-state index in [4.69, 9.17) is 22.3 Å². The number of thiol groups is 1. The predicted octanol–water partition coefficient (Wildman–Crippen LogP) is -2.45. The maximum absolute atomic E-state index is 13.1. The van der Waals surface area contributed by atoms with Gasteiger partial charge in [-0.05, 0) is 18.4 Å². The van der Waals surface area contributed by atoms with Gasteiger partial charge in [-0.15, -0.1) is 0 Å². The predicted molar refractivity (Wildman–Crippen MR) is 138 cm³/mol. The molecule has 1 aromatic rings. The number of carbonyl (C=O) groups excluding carboxylic acids is 3. The Labute approximate surface area is 218 Å². The highest BCUT2D eigenvalue weighted by atomic mass is 32.1. The summed E-state index contributed by atoms with van der Waals surface area (Å²) < 4.78 is 0. The number of aliphatic carboxylic acids is 2. The molecule has 0 aliphatic rings. The zero-order chi connectivity index (χ0) is 28.0. The van der Waals surface area contributed by atoms with Crippen molar-refractivity contribution in [2.24, 2.45) is 22.2 Å². The lowest BCUT2D eigenvalue weighted by Crippen LogP contribution is -2.58. The van der Waals surface area contributed by atoms with Gasteiger partial charge in [-0.3, -0.25) is 24.2 Å². The first-order chi connectivity index (χ1) is 17.4. The Morgan fingerprint density at radius 2 is 1.46 bits per heavy atom. The number of benzene rings is 1. The summed E-state index contributed by atoms with van der Waals surface area (Å²) in [5, 5.41) is 25.3. The van der Waals surface area contributed by atoms with Crippen LogP contribution in [0, 0.1) is 0 Å². The van der Waals surface area contributed by atoms with E-state index < -0.39 is 60.2 Å². The minimum Gasteiger partial charge on any atom is -0.481 e. The van der Waals surface area contributed by atoms with Crippen molar-refractivity contribution in [3.63, 3.8) is 0 Å². The number of hydrogen-bond acceptors (Lipinski definition) is 8. The number of nitrogens with two attached hydrogens (primary N) is 3.